The Kier molecular flexibility index (Phi) is 4.64. The molecular formula is C15H27N3S. The van der Waals surface area contributed by atoms with Crippen molar-refractivity contribution in [2.45, 2.75) is 59.7 Å². The van der Waals surface area contributed by atoms with E-state index in [-0.39, 0.29) is 0 Å². The molecule has 2 rings (SSSR count). The number of nitrogens with one attached hydrogen (secondary N) is 1. The predicted molar refractivity (Wildman–Crippen MR) is 82.6 cm³/mol. The van der Waals surface area contributed by atoms with Gasteiger partial charge in [-0.2, -0.15) is 0 Å². The lowest BCUT2D eigenvalue weighted by Crippen LogP contribution is -2.59. The number of hydrogen-bond donors (Lipinski definition) is 1. The fourth-order valence-electron chi connectivity index (χ4n) is 2.83. The smallest absolute Gasteiger partial charge is 0.107 e. The molecular weight excluding hydrogens is 254 g/mol. The number of piperazine rings is 1. The van der Waals surface area contributed by atoms with E-state index in [0.717, 1.165) is 25.3 Å². The second kappa shape index (κ2) is 5.90. The maximum absolute atomic E-state index is 4.63. The maximum Gasteiger partial charge on any atom is 0.107 e. The van der Waals surface area contributed by atoms with E-state index in [1.807, 2.05) is 0 Å². The lowest BCUT2D eigenvalue weighted by atomic mass is 9.83. The minimum Gasteiger partial charge on any atom is -0.311 e. The third-order valence-corrected chi connectivity index (χ3v) is 4.94. The summed E-state index contributed by atoms with van der Waals surface area (Å²) in [6.07, 6.45) is 1.20. The van der Waals surface area contributed by atoms with E-state index in [0.29, 0.717) is 17.5 Å². The highest BCUT2D eigenvalue weighted by Gasteiger charge is 2.35. The van der Waals surface area contributed by atoms with Crippen LogP contribution in [0.25, 0.3) is 0 Å². The predicted octanol–water partition coefficient (Wildman–Crippen LogP) is 3.05. The van der Waals surface area contributed by atoms with Crippen LogP contribution in [0.4, 0.5) is 0 Å². The second-order valence-corrected chi connectivity index (χ2v) is 7.65. The first-order valence-corrected chi connectivity index (χ1v) is 8.16. The Morgan fingerprint density at radius 1 is 1.47 bits per heavy atom. The minimum atomic E-state index is 0.304. The van der Waals surface area contributed by atoms with Crippen molar-refractivity contribution in [1.29, 1.82) is 0 Å². The van der Waals surface area contributed by atoms with E-state index in [1.165, 1.54) is 11.4 Å². The van der Waals surface area contributed by atoms with E-state index in [2.05, 4.69) is 55.2 Å². The van der Waals surface area contributed by atoms with Gasteiger partial charge in [0.25, 0.3) is 0 Å². The first-order valence-electron chi connectivity index (χ1n) is 7.28. The van der Waals surface area contributed by atoms with Crippen LogP contribution in [0.5, 0.6) is 0 Å². The molecule has 0 bridgehead atoms. The molecule has 0 amide bonds. The molecule has 19 heavy (non-hydrogen) atoms. The first kappa shape index (κ1) is 14.9. The Balaban J connectivity index is 2.11. The Morgan fingerprint density at radius 3 is 2.74 bits per heavy atom. The molecule has 0 aliphatic carbocycles. The van der Waals surface area contributed by atoms with Crippen LogP contribution in [-0.4, -0.2) is 35.1 Å². The van der Waals surface area contributed by atoms with Crippen molar-refractivity contribution in [3.8, 4) is 0 Å². The molecule has 4 heteroatoms. The molecule has 1 saturated heterocycles. The summed E-state index contributed by atoms with van der Waals surface area (Å²) in [5, 5.41) is 7.09. The van der Waals surface area contributed by atoms with Crippen LogP contribution in [0, 0.1) is 12.3 Å². The number of aromatic nitrogens is 1. The fraction of sp³-hybridized carbons (Fsp3) is 0.800. The van der Waals surface area contributed by atoms with Crippen LogP contribution in [0.1, 0.15) is 44.8 Å². The number of rotatable bonds is 3. The molecule has 0 radical (unpaired) electrons. The molecule has 2 atom stereocenters. The monoisotopic (exact) mass is 281 g/mol. The summed E-state index contributed by atoms with van der Waals surface area (Å²) < 4.78 is 0. The van der Waals surface area contributed by atoms with Crippen LogP contribution < -0.4 is 5.32 Å². The zero-order valence-corrected chi connectivity index (χ0v) is 13.7. The highest BCUT2D eigenvalue weighted by atomic mass is 32.1. The summed E-state index contributed by atoms with van der Waals surface area (Å²) >= 11 is 1.79. The molecule has 1 N–H and O–H groups in total. The Hall–Kier alpha value is -0.450. The normalized spacial score (nSPS) is 25.7. The third kappa shape index (κ3) is 3.77. The number of aryl methyl sites for hydroxylation is 1. The fourth-order valence-corrected chi connectivity index (χ4v) is 3.63. The SMILES string of the molecule is CCC1CN(Cc2nc(C)cs2)C(C(C)(C)C)CN1. The van der Waals surface area contributed by atoms with E-state index in [9.17, 15) is 0 Å². The molecule has 1 fully saturated rings. The summed E-state index contributed by atoms with van der Waals surface area (Å²) in [4.78, 5) is 7.26. The van der Waals surface area contributed by atoms with Gasteiger partial charge in [-0.15, -0.1) is 11.3 Å². The van der Waals surface area contributed by atoms with Crippen molar-refractivity contribution >= 4 is 11.3 Å². The van der Waals surface area contributed by atoms with E-state index in [4.69, 9.17) is 0 Å². The minimum absolute atomic E-state index is 0.304. The zero-order chi connectivity index (χ0) is 14.0. The van der Waals surface area contributed by atoms with Gasteiger partial charge in [-0.25, -0.2) is 4.98 Å². The van der Waals surface area contributed by atoms with Crippen LogP contribution in [0.15, 0.2) is 5.38 Å². The molecule has 2 unspecified atom stereocenters. The van der Waals surface area contributed by atoms with Gasteiger partial charge < -0.3 is 5.32 Å². The average Bonchev–Trinajstić information content (AvgIpc) is 2.73. The Bertz CT molecular complexity index is 408. The van der Waals surface area contributed by atoms with Gasteiger partial charge in [0.1, 0.15) is 5.01 Å². The van der Waals surface area contributed by atoms with Crippen molar-refractivity contribution in [2.24, 2.45) is 5.41 Å². The molecule has 108 valence electrons. The first-order chi connectivity index (χ1) is 8.90. The molecule has 3 nitrogen and oxygen atoms in total. The van der Waals surface area contributed by atoms with Gasteiger partial charge in [-0.1, -0.05) is 27.7 Å². The Labute approximate surface area is 121 Å². The standard InChI is InChI=1S/C15H27N3S/c1-6-12-8-18(9-14-17-11(2)10-19-14)13(7-16-12)15(3,4)5/h10,12-13,16H,6-9H2,1-5H3. The summed E-state index contributed by atoms with van der Waals surface area (Å²) in [6.45, 7) is 14.6. The van der Waals surface area contributed by atoms with Gasteiger partial charge in [0.15, 0.2) is 0 Å². The molecule has 1 aliphatic heterocycles. The van der Waals surface area contributed by atoms with Gasteiger partial charge in [0.05, 0.1) is 6.54 Å². The van der Waals surface area contributed by atoms with Crippen LogP contribution in [0.3, 0.4) is 0 Å². The summed E-state index contributed by atoms with van der Waals surface area (Å²) in [5.41, 5.74) is 1.45. The molecule has 1 aromatic rings. The molecule has 0 saturated carbocycles. The lowest BCUT2D eigenvalue weighted by Gasteiger charge is -2.46. The highest BCUT2D eigenvalue weighted by Crippen LogP contribution is 2.28. The van der Waals surface area contributed by atoms with E-state index >= 15 is 0 Å². The van der Waals surface area contributed by atoms with Crippen molar-refractivity contribution in [3.63, 3.8) is 0 Å². The van der Waals surface area contributed by atoms with Crippen molar-refractivity contribution < 1.29 is 0 Å². The molecule has 1 aromatic heterocycles. The molecule has 0 spiro atoms. The zero-order valence-electron chi connectivity index (χ0n) is 12.9. The summed E-state index contributed by atoms with van der Waals surface area (Å²) in [7, 11) is 0. The van der Waals surface area contributed by atoms with Gasteiger partial charge in [-0.3, -0.25) is 4.90 Å². The van der Waals surface area contributed by atoms with Gasteiger partial charge in [0, 0.05) is 36.2 Å². The van der Waals surface area contributed by atoms with Gasteiger partial charge >= 0.3 is 0 Å². The van der Waals surface area contributed by atoms with E-state index in [1.54, 1.807) is 11.3 Å². The van der Waals surface area contributed by atoms with Crippen molar-refractivity contribution in [2.75, 3.05) is 13.1 Å². The number of thiazole rings is 1. The lowest BCUT2D eigenvalue weighted by molar-refractivity contribution is 0.0484. The third-order valence-electron chi connectivity index (χ3n) is 3.99. The van der Waals surface area contributed by atoms with Crippen LogP contribution in [0.2, 0.25) is 0 Å². The highest BCUT2D eigenvalue weighted by molar-refractivity contribution is 7.09. The largest absolute Gasteiger partial charge is 0.311 e. The number of hydrogen-bond acceptors (Lipinski definition) is 4. The number of nitrogens with zero attached hydrogens (tertiary/aromatic N) is 2. The van der Waals surface area contributed by atoms with Crippen molar-refractivity contribution in [1.82, 2.24) is 15.2 Å². The maximum atomic E-state index is 4.63. The van der Waals surface area contributed by atoms with Gasteiger partial charge in [0.2, 0.25) is 0 Å². The average molecular weight is 281 g/mol. The topological polar surface area (TPSA) is 28.2 Å². The van der Waals surface area contributed by atoms with Crippen molar-refractivity contribution in [3.05, 3.63) is 16.1 Å². The summed E-state index contributed by atoms with van der Waals surface area (Å²) in [5.74, 6) is 0. The van der Waals surface area contributed by atoms with Gasteiger partial charge in [-0.05, 0) is 18.8 Å². The van der Waals surface area contributed by atoms with Crippen LogP contribution in [-0.2, 0) is 6.54 Å². The summed E-state index contributed by atoms with van der Waals surface area (Å²) in [6, 6.07) is 1.21. The molecule has 0 aromatic carbocycles. The Morgan fingerprint density at radius 2 is 2.21 bits per heavy atom. The quantitative estimate of drug-likeness (QED) is 0.923. The molecule has 1 aliphatic rings. The second-order valence-electron chi connectivity index (χ2n) is 6.71. The molecule has 2 heterocycles. The van der Waals surface area contributed by atoms with Crippen LogP contribution >= 0.6 is 11.3 Å². The van der Waals surface area contributed by atoms with E-state index < -0.39 is 0 Å².